The van der Waals surface area contributed by atoms with Gasteiger partial charge >= 0.3 is 0 Å². The molecule has 0 saturated carbocycles. The van der Waals surface area contributed by atoms with Gasteiger partial charge in [-0.15, -0.1) is 0 Å². The van der Waals surface area contributed by atoms with Crippen molar-refractivity contribution in [2.75, 3.05) is 0 Å². The lowest BCUT2D eigenvalue weighted by molar-refractivity contribution is 1.58. The predicted octanol–water partition coefficient (Wildman–Crippen LogP) is 8.49. The van der Waals surface area contributed by atoms with E-state index in [1.807, 2.05) is 12.1 Å². The Balaban J connectivity index is 1.52. The van der Waals surface area contributed by atoms with Crippen molar-refractivity contribution in [3.8, 4) is 33.4 Å². The van der Waals surface area contributed by atoms with E-state index in [4.69, 9.17) is 11.6 Å². The van der Waals surface area contributed by atoms with Gasteiger partial charge < -0.3 is 0 Å². The third kappa shape index (κ3) is 3.55. The molecule has 0 fully saturated rings. The van der Waals surface area contributed by atoms with E-state index in [9.17, 15) is 0 Å². The summed E-state index contributed by atoms with van der Waals surface area (Å²) in [7, 11) is 0. The average Bonchev–Trinajstić information content (AvgIpc) is 2.79. The molecule has 0 spiro atoms. The molecule has 138 valence electrons. The standard InChI is InChI=1S/C28H19Cl/c29-26-17-15-21(16-18-26)20-11-13-22(14-12-20)24-7-3-8-25(19-24)28-10-4-6-23-5-1-2-9-27(23)28/h1-19H. The van der Waals surface area contributed by atoms with E-state index in [0.29, 0.717) is 0 Å². The molecule has 0 atom stereocenters. The minimum Gasteiger partial charge on any atom is -0.0843 e. The molecule has 0 nitrogen and oxygen atoms in total. The summed E-state index contributed by atoms with van der Waals surface area (Å²) < 4.78 is 0. The van der Waals surface area contributed by atoms with Crippen LogP contribution >= 0.6 is 11.6 Å². The molecular weight excluding hydrogens is 372 g/mol. The van der Waals surface area contributed by atoms with Gasteiger partial charge in [0.05, 0.1) is 0 Å². The van der Waals surface area contributed by atoms with Crippen molar-refractivity contribution in [1.29, 1.82) is 0 Å². The van der Waals surface area contributed by atoms with Gasteiger partial charge in [-0.3, -0.25) is 0 Å². The molecule has 0 saturated heterocycles. The molecule has 5 aromatic carbocycles. The topological polar surface area (TPSA) is 0 Å². The first-order chi connectivity index (χ1) is 14.3. The van der Waals surface area contributed by atoms with Crippen molar-refractivity contribution < 1.29 is 0 Å². The molecule has 0 radical (unpaired) electrons. The fourth-order valence-corrected chi connectivity index (χ4v) is 3.97. The van der Waals surface area contributed by atoms with Gasteiger partial charge in [0.25, 0.3) is 0 Å². The number of fused-ring (bicyclic) bond motifs is 1. The minimum absolute atomic E-state index is 0.760. The molecule has 0 aliphatic carbocycles. The van der Waals surface area contributed by atoms with Crippen molar-refractivity contribution in [3.63, 3.8) is 0 Å². The van der Waals surface area contributed by atoms with Crippen LogP contribution < -0.4 is 0 Å². The van der Waals surface area contributed by atoms with Crippen LogP contribution in [0.3, 0.4) is 0 Å². The molecule has 0 aliphatic heterocycles. The zero-order valence-corrected chi connectivity index (χ0v) is 16.6. The summed E-state index contributed by atoms with van der Waals surface area (Å²) in [6, 6.07) is 40.5. The second-order valence-electron chi connectivity index (χ2n) is 7.19. The lowest BCUT2D eigenvalue weighted by atomic mass is 9.94. The van der Waals surface area contributed by atoms with Crippen LogP contribution in [0.15, 0.2) is 115 Å². The molecule has 0 amide bonds. The van der Waals surface area contributed by atoms with Gasteiger partial charge in [0.2, 0.25) is 0 Å². The first kappa shape index (κ1) is 17.7. The molecule has 1 heteroatoms. The fraction of sp³-hybridized carbons (Fsp3) is 0. The Kier molecular flexibility index (Phi) is 4.63. The van der Waals surface area contributed by atoms with Crippen LogP contribution in [0.1, 0.15) is 0 Å². The SMILES string of the molecule is Clc1ccc(-c2ccc(-c3cccc(-c4cccc5ccccc45)c3)cc2)cc1. The smallest absolute Gasteiger partial charge is 0.0406 e. The highest BCUT2D eigenvalue weighted by Gasteiger charge is 2.06. The van der Waals surface area contributed by atoms with Gasteiger partial charge in [-0.05, 0) is 62.4 Å². The number of rotatable bonds is 3. The fourth-order valence-electron chi connectivity index (χ4n) is 3.84. The molecule has 0 N–H and O–H groups in total. The van der Waals surface area contributed by atoms with Crippen LogP contribution in [0.4, 0.5) is 0 Å². The first-order valence-corrected chi connectivity index (χ1v) is 10.1. The number of hydrogen-bond donors (Lipinski definition) is 0. The van der Waals surface area contributed by atoms with Crippen LogP contribution in [0.25, 0.3) is 44.2 Å². The monoisotopic (exact) mass is 390 g/mol. The Hall–Kier alpha value is -3.35. The largest absolute Gasteiger partial charge is 0.0843 e. The molecule has 29 heavy (non-hydrogen) atoms. The normalized spacial score (nSPS) is 10.9. The third-order valence-electron chi connectivity index (χ3n) is 5.36. The second-order valence-corrected chi connectivity index (χ2v) is 7.63. The van der Waals surface area contributed by atoms with Gasteiger partial charge in [0.1, 0.15) is 0 Å². The van der Waals surface area contributed by atoms with Crippen molar-refractivity contribution >= 4 is 22.4 Å². The van der Waals surface area contributed by atoms with Crippen LogP contribution in [-0.2, 0) is 0 Å². The molecule has 0 heterocycles. The zero-order valence-electron chi connectivity index (χ0n) is 15.8. The van der Waals surface area contributed by atoms with Gasteiger partial charge in [-0.1, -0.05) is 109 Å². The molecule has 0 aromatic heterocycles. The quantitative estimate of drug-likeness (QED) is 0.289. The van der Waals surface area contributed by atoms with Crippen LogP contribution in [0.5, 0.6) is 0 Å². The van der Waals surface area contributed by atoms with E-state index >= 15 is 0 Å². The molecule has 5 aromatic rings. The Morgan fingerprint density at radius 3 is 1.72 bits per heavy atom. The summed E-state index contributed by atoms with van der Waals surface area (Å²) >= 11 is 6.01. The Bertz CT molecular complexity index is 1280. The summed E-state index contributed by atoms with van der Waals surface area (Å²) in [5, 5.41) is 3.31. The average molecular weight is 391 g/mol. The second kappa shape index (κ2) is 7.58. The first-order valence-electron chi connectivity index (χ1n) is 9.72. The third-order valence-corrected chi connectivity index (χ3v) is 5.61. The summed E-state index contributed by atoms with van der Waals surface area (Å²) in [5.41, 5.74) is 7.30. The summed E-state index contributed by atoms with van der Waals surface area (Å²) in [6.07, 6.45) is 0. The van der Waals surface area contributed by atoms with E-state index in [-0.39, 0.29) is 0 Å². The molecule has 0 unspecified atom stereocenters. The van der Waals surface area contributed by atoms with Gasteiger partial charge in [0.15, 0.2) is 0 Å². The minimum atomic E-state index is 0.760. The number of hydrogen-bond acceptors (Lipinski definition) is 0. The van der Waals surface area contributed by atoms with Crippen molar-refractivity contribution in [2.45, 2.75) is 0 Å². The highest BCUT2D eigenvalue weighted by Crippen LogP contribution is 2.32. The maximum absolute atomic E-state index is 6.01. The van der Waals surface area contributed by atoms with Gasteiger partial charge in [-0.2, -0.15) is 0 Å². The van der Waals surface area contributed by atoms with Gasteiger partial charge in [-0.25, -0.2) is 0 Å². The summed E-state index contributed by atoms with van der Waals surface area (Å²) in [5.74, 6) is 0. The van der Waals surface area contributed by atoms with Crippen LogP contribution in [0, 0.1) is 0 Å². The van der Waals surface area contributed by atoms with Crippen molar-refractivity contribution in [2.24, 2.45) is 0 Å². The lowest BCUT2D eigenvalue weighted by Gasteiger charge is -2.10. The molecule has 0 bridgehead atoms. The predicted molar refractivity (Wildman–Crippen MR) is 125 cm³/mol. The van der Waals surface area contributed by atoms with Gasteiger partial charge in [0, 0.05) is 5.02 Å². The van der Waals surface area contributed by atoms with E-state index < -0.39 is 0 Å². The number of benzene rings is 5. The maximum Gasteiger partial charge on any atom is 0.0406 e. The van der Waals surface area contributed by atoms with Crippen molar-refractivity contribution in [1.82, 2.24) is 0 Å². The molecular formula is C28H19Cl. The Labute approximate surface area is 176 Å². The van der Waals surface area contributed by atoms with E-state index in [0.717, 1.165) is 5.02 Å². The number of halogens is 1. The Morgan fingerprint density at radius 2 is 0.966 bits per heavy atom. The van der Waals surface area contributed by atoms with E-state index in [1.165, 1.54) is 44.2 Å². The van der Waals surface area contributed by atoms with E-state index in [1.54, 1.807) is 0 Å². The zero-order chi connectivity index (χ0) is 19.6. The van der Waals surface area contributed by atoms with Crippen molar-refractivity contribution in [3.05, 3.63) is 120 Å². The van der Waals surface area contributed by atoms with E-state index in [2.05, 4.69) is 103 Å². The highest BCUT2D eigenvalue weighted by atomic mass is 35.5. The summed E-state index contributed by atoms with van der Waals surface area (Å²) in [6.45, 7) is 0. The summed E-state index contributed by atoms with van der Waals surface area (Å²) in [4.78, 5) is 0. The molecule has 5 rings (SSSR count). The lowest BCUT2D eigenvalue weighted by Crippen LogP contribution is -1.84. The molecule has 0 aliphatic rings. The van der Waals surface area contributed by atoms with Crippen LogP contribution in [-0.4, -0.2) is 0 Å². The highest BCUT2D eigenvalue weighted by molar-refractivity contribution is 6.30. The maximum atomic E-state index is 6.01. The van der Waals surface area contributed by atoms with Crippen LogP contribution in [0.2, 0.25) is 5.02 Å². The Morgan fingerprint density at radius 1 is 0.414 bits per heavy atom.